The van der Waals surface area contributed by atoms with Crippen molar-refractivity contribution in [3.05, 3.63) is 56.4 Å². The fourth-order valence-corrected chi connectivity index (χ4v) is 1.75. The quantitative estimate of drug-likeness (QED) is 0.533. The minimum atomic E-state index is -0.714. The normalized spacial score (nSPS) is 10.1. The van der Waals surface area contributed by atoms with E-state index < -0.39 is 10.8 Å². The zero-order chi connectivity index (χ0) is 14.7. The molecule has 7 nitrogen and oxygen atoms in total. The summed E-state index contributed by atoms with van der Waals surface area (Å²) in [5.41, 5.74) is -0.524. The van der Waals surface area contributed by atoms with Crippen LogP contribution in [0.1, 0.15) is 10.4 Å². The summed E-state index contributed by atoms with van der Waals surface area (Å²) in [5.74, 6) is -0.585. The van der Waals surface area contributed by atoms with Crippen molar-refractivity contribution < 1.29 is 9.72 Å². The Hall–Kier alpha value is -2.25. The first-order valence-electron chi connectivity index (χ1n) is 5.20. The van der Waals surface area contributed by atoms with Gasteiger partial charge >= 0.3 is 0 Å². The number of anilines is 1. The van der Waals surface area contributed by atoms with Gasteiger partial charge in [-0.25, -0.2) is 9.97 Å². The van der Waals surface area contributed by atoms with E-state index in [1.807, 2.05) is 0 Å². The predicted octanol–water partition coefficient (Wildman–Crippen LogP) is 2.94. The molecule has 0 atom stereocenters. The van der Waals surface area contributed by atoms with Crippen LogP contribution in [0.25, 0.3) is 0 Å². The molecule has 0 aliphatic rings. The topological polar surface area (TPSA) is 98.0 Å². The van der Waals surface area contributed by atoms with Crippen molar-refractivity contribution in [3.63, 3.8) is 0 Å². The van der Waals surface area contributed by atoms with Crippen LogP contribution in [0.5, 0.6) is 0 Å². The first-order valence-corrected chi connectivity index (χ1v) is 5.96. The number of aromatic nitrogens is 2. The molecule has 1 aromatic heterocycles. The standard InChI is InChI=1S/C11H6Cl2N4O3/c12-6-1-2-8(17(19)20)7(3-6)11(18)16-10-4-9(13)14-5-15-10/h1-5H,(H,14,15,16,18). The molecular weight excluding hydrogens is 307 g/mol. The van der Waals surface area contributed by atoms with E-state index in [0.29, 0.717) is 0 Å². The molecule has 2 rings (SSSR count). The smallest absolute Gasteiger partial charge is 0.282 e. The van der Waals surface area contributed by atoms with Crippen LogP contribution in [0, 0.1) is 10.1 Å². The maximum Gasteiger partial charge on any atom is 0.282 e. The number of benzene rings is 1. The molecule has 0 saturated carbocycles. The van der Waals surface area contributed by atoms with Gasteiger partial charge in [-0.2, -0.15) is 0 Å². The maximum atomic E-state index is 12.0. The van der Waals surface area contributed by atoms with Crippen LogP contribution in [0.15, 0.2) is 30.6 Å². The number of amides is 1. The lowest BCUT2D eigenvalue weighted by Crippen LogP contribution is -2.15. The fourth-order valence-electron chi connectivity index (χ4n) is 1.43. The highest BCUT2D eigenvalue weighted by atomic mass is 35.5. The highest BCUT2D eigenvalue weighted by Crippen LogP contribution is 2.23. The van der Waals surface area contributed by atoms with Gasteiger partial charge in [-0.3, -0.25) is 14.9 Å². The van der Waals surface area contributed by atoms with Gasteiger partial charge < -0.3 is 5.32 Å². The zero-order valence-corrected chi connectivity index (χ0v) is 11.2. The first-order chi connectivity index (χ1) is 9.47. The second kappa shape index (κ2) is 5.81. The van der Waals surface area contributed by atoms with Crippen molar-refractivity contribution >= 4 is 40.6 Å². The summed E-state index contributed by atoms with van der Waals surface area (Å²) < 4.78 is 0. The molecular formula is C11H6Cl2N4O3. The average Bonchev–Trinajstić information content (AvgIpc) is 2.38. The Morgan fingerprint density at radius 1 is 1.25 bits per heavy atom. The van der Waals surface area contributed by atoms with Gasteiger partial charge in [0.25, 0.3) is 11.6 Å². The summed E-state index contributed by atoms with van der Waals surface area (Å²) in [6.07, 6.45) is 1.16. The average molecular weight is 313 g/mol. The minimum absolute atomic E-state index is 0.129. The number of halogens is 2. The summed E-state index contributed by atoms with van der Waals surface area (Å²) in [5, 5.41) is 13.6. The lowest BCUT2D eigenvalue weighted by atomic mass is 10.1. The summed E-state index contributed by atoms with van der Waals surface area (Å²) in [6.45, 7) is 0. The van der Waals surface area contributed by atoms with Crippen molar-refractivity contribution in [3.8, 4) is 0 Å². The van der Waals surface area contributed by atoms with Crippen molar-refractivity contribution in [2.24, 2.45) is 0 Å². The van der Waals surface area contributed by atoms with E-state index in [2.05, 4.69) is 15.3 Å². The number of hydrogen-bond donors (Lipinski definition) is 1. The molecule has 20 heavy (non-hydrogen) atoms. The molecule has 0 fully saturated rings. The van der Waals surface area contributed by atoms with E-state index in [0.717, 1.165) is 12.4 Å². The first kappa shape index (κ1) is 14.2. The fraction of sp³-hybridized carbons (Fsp3) is 0. The zero-order valence-electron chi connectivity index (χ0n) is 9.71. The number of nitro groups is 1. The van der Waals surface area contributed by atoms with Gasteiger partial charge in [0.1, 0.15) is 22.9 Å². The molecule has 1 heterocycles. The number of nitro benzene ring substituents is 1. The SMILES string of the molecule is O=C(Nc1cc(Cl)ncn1)c1cc(Cl)ccc1[N+](=O)[O-]. The monoisotopic (exact) mass is 312 g/mol. The van der Waals surface area contributed by atoms with Crippen LogP contribution in [0.4, 0.5) is 11.5 Å². The number of nitrogens with one attached hydrogen (secondary N) is 1. The third kappa shape index (κ3) is 3.19. The van der Waals surface area contributed by atoms with Crippen molar-refractivity contribution in [1.82, 2.24) is 9.97 Å². The van der Waals surface area contributed by atoms with E-state index in [9.17, 15) is 14.9 Å². The van der Waals surface area contributed by atoms with Crippen molar-refractivity contribution in [2.45, 2.75) is 0 Å². The lowest BCUT2D eigenvalue weighted by Gasteiger charge is -2.05. The van der Waals surface area contributed by atoms with Gasteiger partial charge in [0, 0.05) is 17.2 Å². The lowest BCUT2D eigenvalue weighted by molar-refractivity contribution is -0.385. The molecule has 2 aromatic rings. The van der Waals surface area contributed by atoms with Crippen LogP contribution in [0.3, 0.4) is 0 Å². The minimum Gasteiger partial charge on any atom is -0.306 e. The van der Waals surface area contributed by atoms with Crippen molar-refractivity contribution in [2.75, 3.05) is 5.32 Å². The number of nitrogens with zero attached hydrogens (tertiary/aromatic N) is 3. The van der Waals surface area contributed by atoms with E-state index in [4.69, 9.17) is 23.2 Å². The van der Waals surface area contributed by atoms with E-state index in [-0.39, 0.29) is 27.2 Å². The highest BCUT2D eigenvalue weighted by Gasteiger charge is 2.20. The summed E-state index contributed by atoms with van der Waals surface area (Å²) >= 11 is 11.4. The Morgan fingerprint density at radius 2 is 2.00 bits per heavy atom. The second-order valence-electron chi connectivity index (χ2n) is 3.60. The number of hydrogen-bond acceptors (Lipinski definition) is 5. The summed E-state index contributed by atoms with van der Waals surface area (Å²) in [7, 11) is 0. The Morgan fingerprint density at radius 3 is 2.65 bits per heavy atom. The molecule has 0 bridgehead atoms. The molecule has 0 unspecified atom stereocenters. The Bertz CT molecular complexity index is 693. The van der Waals surface area contributed by atoms with Gasteiger partial charge in [0.2, 0.25) is 0 Å². The molecule has 0 aliphatic carbocycles. The molecule has 1 N–H and O–H groups in total. The Kier molecular flexibility index (Phi) is 4.11. The summed E-state index contributed by atoms with van der Waals surface area (Å²) in [6, 6.07) is 5.01. The summed E-state index contributed by atoms with van der Waals surface area (Å²) in [4.78, 5) is 29.7. The molecule has 1 aromatic carbocycles. The van der Waals surface area contributed by atoms with Crippen LogP contribution in [-0.2, 0) is 0 Å². The van der Waals surface area contributed by atoms with E-state index in [1.54, 1.807) is 0 Å². The third-order valence-electron chi connectivity index (χ3n) is 2.28. The molecule has 9 heteroatoms. The second-order valence-corrected chi connectivity index (χ2v) is 4.42. The van der Waals surface area contributed by atoms with Crippen LogP contribution < -0.4 is 5.32 Å². The number of carbonyl (C=O) groups excluding carboxylic acids is 1. The molecule has 0 radical (unpaired) electrons. The third-order valence-corrected chi connectivity index (χ3v) is 2.72. The predicted molar refractivity (Wildman–Crippen MR) is 73.1 cm³/mol. The molecule has 0 saturated heterocycles. The van der Waals surface area contributed by atoms with E-state index >= 15 is 0 Å². The largest absolute Gasteiger partial charge is 0.306 e. The Labute approximate surface area is 122 Å². The van der Waals surface area contributed by atoms with Crippen LogP contribution in [-0.4, -0.2) is 20.8 Å². The van der Waals surface area contributed by atoms with Crippen LogP contribution >= 0.6 is 23.2 Å². The molecule has 0 aliphatic heterocycles. The highest BCUT2D eigenvalue weighted by molar-refractivity contribution is 6.31. The number of carbonyl (C=O) groups is 1. The van der Waals surface area contributed by atoms with E-state index in [1.165, 1.54) is 18.2 Å². The van der Waals surface area contributed by atoms with Gasteiger partial charge in [0.15, 0.2) is 0 Å². The number of rotatable bonds is 3. The Balaban J connectivity index is 2.34. The molecule has 102 valence electrons. The van der Waals surface area contributed by atoms with Crippen molar-refractivity contribution in [1.29, 1.82) is 0 Å². The maximum absolute atomic E-state index is 12.0. The molecule has 1 amide bonds. The van der Waals surface area contributed by atoms with Gasteiger partial charge in [-0.1, -0.05) is 23.2 Å². The van der Waals surface area contributed by atoms with Gasteiger partial charge in [-0.05, 0) is 12.1 Å². The van der Waals surface area contributed by atoms with Gasteiger partial charge in [-0.15, -0.1) is 0 Å². The van der Waals surface area contributed by atoms with Crippen LogP contribution in [0.2, 0.25) is 10.2 Å². The van der Waals surface area contributed by atoms with Gasteiger partial charge in [0.05, 0.1) is 4.92 Å². The molecule has 0 spiro atoms.